The van der Waals surface area contributed by atoms with Gasteiger partial charge in [0.25, 0.3) is 0 Å². The maximum Gasteiger partial charge on any atom is 0.225 e. The van der Waals surface area contributed by atoms with E-state index >= 15 is 0 Å². The van der Waals surface area contributed by atoms with Gasteiger partial charge < -0.3 is 0 Å². The molecule has 1 rings (SSSR count). The van der Waals surface area contributed by atoms with E-state index in [4.69, 9.17) is 5.26 Å². The number of nitrogens with zero attached hydrogens (tertiary/aromatic N) is 1. The van der Waals surface area contributed by atoms with Crippen molar-refractivity contribution in [1.29, 1.82) is 5.26 Å². The zero-order chi connectivity index (χ0) is 11.3. The van der Waals surface area contributed by atoms with E-state index in [9.17, 15) is 8.42 Å². The van der Waals surface area contributed by atoms with E-state index < -0.39 is 15.8 Å². The number of rotatable bonds is 4. The summed E-state index contributed by atoms with van der Waals surface area (Å²) in [6.07, 6.45) is 0. The van der Waals surface area contributed by atoms with E-state index in [1.807, 2.05) is 12.1 Å². The van der Waals surface area contributed by atoms with Gasteiger partial charge in [0.1, 0.15) is 0 Å². The van der Waals surface area contributed by atoms with Crippen LogP contribution in [0, 0.1) is 11.3 Å². The highest BCUT2D eigenvalue weighted by atomic mass is 79.9. The highest BCUT2D eigenvalue weighted by molar-refractivity contribution is 9.10. The van der Waals surface area contributed by atoms with Crippen molar-refractivity contribution >= 4 is 26.0 Å². The normalized spacial score (nSPS) is 10.9. The summed E-state index contributed by atoms with van der Waals surface area (Å²) in [5.41, 5.74) is 0.847. The Morgan fingerprint density at radius 1 is 1.33 bits per heavy atom. The van der Waals surface area contributed by atoms with E-state index in [1.54, 1.807) is 18.2 Å². The van der Waals surface area contributed by atoms with E-state index in [-0.39, 0.29) is 6.54 Å². The number of sulfonamides is 1. The van der Waals surface area contributed by atoms with Gasteiger partial charge in [0.2, 0.25) is 10.0 Å². The molecule has 0 saturated heterocycles. The van der Waals surface area contributed by atoms with Crippen LogP contribution in [-0.2, 0) is 16.6 Å². The third kappa shape index (κ3) is 4.42. The Kier molecular flexibility index (Phi) is 4.27. The van der Waals surface area contributed by atoms with Gasteiger partial charge in [-0.15, -0.1) is 0 Å². The van der Waals surface area contributed by atoms with Crippen LogP contribution in [0.3, 0.4) is 0 Å². The average molecular weight is 289 g/mol. The molecular weight excluding hydrogens is 280 g/mol. The predicted octanol–water partition coefficient (Wildman–Crippen LogP) is 1.39. The van der Waals surface area contributed by atoms with Crippen molar-refractivity contribution in [1.82, 2.24) is 4.72 Å². The number of nitriles is 1. The summed E-state index contributed by atoms with van der Waals surface area (Å²) in [7, 11) is -3.46. The van der Waals surface area contributed by atoms with Gasteiger partial charge in [-0.25, -0.2) is 13.1 Å². The van der Waals surface area contributed by atoms with Crippen LogP contribution in [0.1, 0.15) is 5.56 Å². The Balaban J connectivity index is 2.59. The molecule has 0 aliphatic rings. The van der Waals surface area contributed by atoms with Crippen molar-refractivity contribution in [3.8, 4) is 6.07 Å². The highest BCUT2D eigenvalue weighted by Gasteiger charge is 2.08. The van der Waals surface area contributed by atoms with Gasteiger partial charge in [-0.1, -0.05) is 28.1 Å². The summed E-state index contributed by atoms with van der Waals surface area (Å²) in [5.74, 6) is -0.510. The summed E-state index contributed by atoms with van der Waals surface area (Å²) in [6.45, 7) is 0.206. The van der Waals surface area contributed by atoms with Crippen molar-refractivity contribution in [2.45, 2.75) is 6.54 Å². The Bertz CT molecular complexity index is 462. The van der Waals surface area contributed by atoms with Crippen LogP contribution >= 0.6 is 15.9 Å². The van der Waals surface area contributed by atoms with E-state index in [0.29, 0.717) is 0 Å². The lowest BCUT2D eigenvalue weighted by molar-refractivity contribution is 0.585. The van der Waals surface area contributed by atoms with Crippen LogP contribution in [0.15, 0.2) is 28.7 Å². The van der Waals surface area contributed by atoms with Gasteiger partial charge in [-0.2, -0.15) is 5.26 Å². The van der Waals surface area contributed by atoms with E-state index in [2.05, 4.69) is 20.7 Å². The van der Waals surface area contributed by atoms with Crippen molar-refractivity contribution in [3.05, 3.63) is 34.3 Å². The predicted molar refractivity (Wildman–Crippen MR) is 60.4 cm³/mol. The first kappa shape index (κ1) is 12.2. The summed E-state index contributed by atoms with van der Waals surface area (Å²) < 4.78 is 25.5. The molecule has 0 amide bonds. The zero-order valence-electron chi connectivity index (χ0n) is 7.77. The number of nitrogens with one attached hydrogen (secondary N) is 1. The van der Waals surface area contributed by atoms with Crippen molar-refractivity contribution in [2.24, 2.45) is 0 Å². The molecule has 0 aromatic heterocycles. The lowest BCUT2D eigenvalue weighted by atomic mass is 10.2. The lowest BCUT2D eigenvalue weighted by Crippen LogP contribution is -2.25. The molecule has 0 fully saturated rings. The minimum atomic E-state index is -3.46. The van der Waals surface area contributed by atoms with Crippen LogP contribution < -0.4 is 4.72 Å². The Morgan fingerprint density at radius 2 is 1.93 bits per heavy atom. The van der Waals surface area contributed by atoms with E-state index in [1.165, 1.54) is 0 Å². The van der Waals surface area contributed by atoms with Crippen molar-refractivity contribution < 1.29 is 8.42 Å². The van der Waals surface area contributed by atoms with Gasteiger partial charge in [0.05, 0.1) is 6.07 Å². The maximum absolute atomic E-state index is 11.1. The number of benzene rings is 1. The molecule has 6 heteroatoms. The molecule has 0 atom stereocenters. The fourth-order valence-corrected chi connectivity index (χ4v) is 1.85. The molecule has 15 heavy (non-hydrogen) atoms. The van der Waals surface area contributed by atoms with Crippen LogP contribution in [0.4, 0.5) is 0 Å². The van der Waals surface area contributed by atoms with Crippen molar-refractivity contribution in [2.75, 3.05) is 5.75 Å². The van der Waals surface area contributed by atoms with Gasteiger partial charge in [0.15, 0.2) is 5.75 Å². The zero-order valence-corrected chi connectivity index (χ0v) is 10.2. The van der Waals surface area contributed by atoms with Crippen LogP contribution in [0.25, 0.3) is 0 Å². The minimum absolute atomic E-state index is 0.206. The molecule has 0 radical (unpaired) electrons. The summed E-state index contributed by atoms with van der Waals surface area (Å²) in [6, 6.07) is 8.86. The maximum atomic E-state index is 11.1. The molecule has 0 aliphatic heterocycles. The monoisotopic (exact) mass is 288 g/mol. The molecule has 0 spiro atoms. The largest absolute Gasteiger partial charge is 0.225 e. The van der Waals surface area contributed by atoms with Crippen LogP contribution in [0.2, 0.25) is 0 Å². The topological polar surface area (TPSA) is 70.0 Å². The smallest absolute Gasteiger partial charge is 0.211 e. The first-order valence-corrected chi connectivity index (χ1v) is 6.57. The summed E-state index contributed by atoms with van der Waals surface area (Å²) in [4.78, 5) is 0. The molecule has 0 unspecified atom stereocenters. The minimum Gasteiger partial charge on any atom is -0.211 e. The van der Waals surface area contributed by atoms with Crippen molar-refractivity contribution in [3.63, 3.8) is 0 Å². The number of halogens is 1. The second-order valence-electron chi connectivity index (χ2n) is 2.86. The van der Waals surface area contributed by atoms with E-state index in [0.717, 1.165) is 10.0 Å². The van der Waals surface area contributed by atoms with Gasteiger partial charge in [-0.3, -0.25) is 0 Å². The SMILES string of the molecule is N#CCS(=O)(=O)NCc1ccc(Br)cc1. The molecule has 4 nitrogen and oxygen atoms in total. The first-order valence-electron chi connectivity index (χ1n) is 4.12. The molecule has 1 aromatic rings. The van der Waals surface area contributed by atoms with Gasteiger partial charge >= 0.3 is 0 Å². The third-order valence-electron chi connectivity index (χ3n) is 1.66. The fourth-order valence-electron chi connectivity index (χ4n) is 0.932. The molecule has 0 bridgehead atoms. The molecule has 0 heterocycles. The molecule has 0 aliphatic carbocycles. The summed E-state index contributed by atoms with van der Waals surface area (Å²) >= 11 is 3.28. The molecule has 1 aromatic carbocycles. The molecule has 0 saturated carbocycles. The fraction of sp³-hybridized carbons (Fsp3) is 0.222. The van der Waals surface area contributed by atoms with Crippen LogP contribution in [-0.4, -0.2) is 14.2 Å². The van der Waals surface area contributed by atoms with Crippen LogP contribution in [0.5, 0.6) is 0 Å². The summed E-state index contributed by atoms with van der Waals surface area (Å²) in [5, 5.41) is 8.26. The number of hydrogen-bond acceptors (Lipinski definition) is 3. The Morgan fingerprint density at radius 3 is 2.47 bits per heavy atom. The average Bonchev–Trinajstić information content (AvgIpc) is 2.17. The molecule has 1 N–H and O–H groups in total. The quantitative estimate of drug-likeness (QED) is 0.910. The standard InChI is InChI=1S/C9H9BrN2O2S/c10-9-3-1-8(2-4-9)7-12-15(13,14)6-5-11/h1-4,12H,6-7H2. The van der Waals surface area contributed by atoms with Gasteiger partial charge in [0, 0.05) is 11.0 Å². The highest BCUT2D eigenvalue weighted by Crippen LogP contribution is 2.10. The molecular formula is C9H9BrN2O2S. The number of hydrogen-bond donors (Lipinski definition) is 1. The second kappa shape index (κ2) is 5.26. The van der Waals surface area contributed by atoms with Gasteiger partial charge in [-0.05, 0) is 17.7 Å². The Labute approximate surface area is 97.1 Å². The second-order valence-corrected chi connectivity index (χ2v) is 5.59. The third-order valence-corrected chi connectivity index (χ3v) is 3.29. The molecule has 80 valence electrons. The first-order chi connectivity index (χ1) is 7.03. The lowest BCUT2D eigenvalue weighted by Gasteiger charge is -2.03. The Hall–Kier alpha value is -0.900.